The van der Waals surface area contributed by atoms with Crippen molar-refractivity contribution in [1.82, 2.24) is 9.78 Å². The summed E-state index contributed by atoms with van der Waals surface area (Å²) >= 11 is 0. The summed E-state index contributed by atoms with van der Waals surface area (Å²) in [5.74, 6) is -0.399. The summed E-state index contributed by atoms with van der Waals surface area (Å²) in [4.78, 5) is 11.4. The zero-order valence-electron chi connectivity index (χ0n) is 8.94. The fourth-order valence-electron chi connectivity index (χ4n) is 1.61. The Kier molecular flexibility index (Phi) is 2.19. The molecule has 0 saturated carbocycles. The molecule has 0 radical (unpaired) electrons. The van der Waals surface area contributed by atoms with Crippen LogP contribution in [0.1, 0.15) is 16.1 Å². The molecule has 78 valence electrons. The van der Waals surface area contributed by atoms with Gasteiger partial charge in [-0.25, -0.2) is 4.79 Å². The lowest BCUT2D eigenvalue weighted by molar-refractivity contribution is 0.0595. The quantitative estimate of drug-likeness (QED) is 0.664. The van der Waals surface area contributed by atoms with Crippen molar-refractivity contribution < 1.29 is 9.53 Å². The molecule has 1 heterocycles. The molecule has 0 aliphatic carbocycles. The molecule has 0 N–H and O–H groups in total. The molecule has 0 unspecified atom stereocenters. The molecule has 2 rings (SSSR count). The monoisotopic (exact) mass is 204 g/mol. The predicted octanol–water partition coefficient (Wildman–Crippen LogP) is 1.67. The van der Waals surface area contributed by atoms with Crippen molar-refractivity contribution in [2.75, 3.05) is 7.11 Å². The van der Waals surface area contributed by atoms with Gasteiger partial charge < -0.3 is 4.74 Å². The Balaban J connectivity index is 2.73. The van der Waals surface area contributed by atoms with Gasteiger partial charge in [-0.2, -0.15) is 5.10 Å². The molecule has 4 heteroatoms. The van der Waals surface area contributed by atoms with Crippen LogP contribution in [0.2, 0.25) is 0 Å². The van der Waals surface area contributed by atoms with Crippen molar-refractivity contribution in [2.24, 2.45) is 7.05 Å². The van der Waals surface area contributed by atoms with E-state index in [4.69, 9.17) is 0 Å². The maximum atomic E-state index is 11.4. The summed E-state index contributed by atoms with van der Waals surface area (Å²) in [5.41, 5.74) is 2.45. The van der Waals surface area contributed by atoms with Crippen LogP contribution in [0.25, 0.3) is 10.9 Å². The lowest BCUT2D eigenvalue weighted by Crippen LogP contribution is -2.03. The summed E-state index contributed by atoms with van der Waals surface area (Å²) in [7, 11) is 3.17. The van der Waals surface area contributed by atoms with Crippen LogP contribution in [0.3, 0.4) is 0 Å². The lowest BCUT2D eigenvalue weighted by atomic mass is 10.1. The fourth-order valence-corrected chi connectivity index (χ4v) is 1.61. The van der Waals surface area contributed by atoms with Crippen molar-refractivity contribution in [3.05, 3.63) is 29.5 Å². The van der Waals surface area contributed by atoms with Gasteiger partial charge in [0.2, 0.25) is 0 Å². The lowest BCUT2D eigenvalue weighted by Gasteiger charge is -1.95. The van der Waals surface area contributed by atoms with Crippen molar-refractivity contribution in [1.29, 1.82) is 0 Å². The number of nitrogens with zero attached hydrogens (tertiary/aromatic N) is 2. The van der Waals surface area contributed by atoms with Crippen LogP contribution < -0.4 is 0 Å². The highest BCUT2D eigenvalue weighted by molar-refractivity contribution is 6.02. The van der Waals surface area contributed by atoms with Gasteiger partial charge in [0.05, 0.1) is 12.6 Å². The van der Waals surface area contributed by atoms with Crippen LogP contribution in [-0.4, -0.2) is 22.9 Å². The van der Waals surface area contributed by atoms with Crippen LogP contribution in [0.15, 0.2) is 18.2 Å². The third-order valence-electron chi connectivity index (χ3n) is 2.39. The molecule has 15 heavy (non-hydrogen) atoms. The molecule has 0 aliphatic heterocycles. The second-order valence-electron chi connectivity index (χ2n) is 3.48. The first kappa shape index (κ1) is 9.71. The van der Waals surface area contributed by atoms with Gasteiger partial charge in [-0.1, -0.05) is 12.1 Å². The van der Waals surface area contributed by atoms with Crippen LogP contribution in [0.5, 0.6) is 0 Å². The highest BCUT2D eigenvalue weighted by atomic mass is 16.5. The predicted molar refractivity (Wildman–Crippen MR) is 56.8 cm³/mol. The molecule has 1 aromatic heterocycles. The van der Waals surface area contributed by atoms with E-state index in [1.165, 1.54) is 7.11 Å². The van der Waals surface area contributed by atoms with Gasteiger partial charge in [-0.05, 0) is 18.6 Å². The molecule has 0 saturated heterocycles. The third-order valence-corrected chi connectivity index (χ3v) is 2.39. The van der Waals surface area contributed by atoms with Gasteiger partial charge in [0.15, 0.2) is 5.69 Å². The minimum atomic E-state index is -0.399. The Bertz CT molecular complexity index is 529. The number of esters is 1. The number of methoxy groups -OCH3 is 1. The van der Waals surface area contributed by atoms with Gasteiger partial charge >= 0.3 is 5.97 Å². The molecule has 0 spiro atoms. The minimum absolute atomic E-state index is 0.370. The first-order chi connectivity index (χ1) is 7.13. The molecule has 0 aliphatic rings. The third kappa shape index (κ3) is 1.48. The number of rotatable bonds is 1. The van der Waals surface area contributed by atoms with Crippen LogP contribution in [-0.2, 0) is 11.8 Å². The SMILES string of the molecule is COC(=O)c1nn(C)c2cc(C)ccc12. The van der Waals surface area contributed by atoms with E-state index < -0.39 is 5.97 Å². The van der Waals surface area contributed by atoms with Crippen LogP contribution in [0, 0.1) is 6.92 Å². The Morgan fingerprint density at radius 2 is 2.20 bits per heavy atom. The van der Waals surface area contributed by atoms with Crippen molar-refractivity contribution in [3.8, 4) is 0 Å². The average molecular weight is 204 g/mol. The number of hydrogen-bond acceptors (Lipinski definition) is 3. The number of aromatic nitrogens is 2. The van der Waals surface area contributed by atoms with E-state index in [0.29, 0.717) is 5.69 Å². The Morgan fingerprint density at radius 3 is 2.87 bits per heavy atom. The highest BCUT2D eigenvalue weighted by Crippen LogP contribution is 2.19. The molecule has 0 amide bonds. The topological polar surface area (TPSA) is 44.1 Å². The molecular weight excluding hydrogens is 192 g/mol. The van der Waals surface area contributed by atoms with E-state index in [9.17, 15) is 4.79 Å². The van der Waals surface area contributed by atoms with Gasteiger partial charge in [0.25, 0.3) is 0 Å². The van der Waals surface area contributed by atoms with Crippen LogP contribution >= 0.6 is 0 Å². The van der Waals surface area contributed by atoms with Crippen molar-refractivity contribution in [3.63, 3.8) is 0 Å². The molecule has 2 aromatic rings. The molecule has 0 bridgehead atoms. The molecule has 0 fully saturated rings. The highest BCUT2D eigenvalue weighted by Gasteiger charge is 2.15. The zero-order valence-corrected chi connectivity index (χ0v) is 8.94. The number of hydrogen-bond donors (Lipinski definition) is 0. The van der Waals surface area contributed by atoms with E-state index in [1.807, 2.05) is 32.2 Å². The van der Waals surface area contributed by atoms with E-state index in [0.717, 1.165) is 16.5 Å². The number of aryl methyl sites for hydroxylation is 2. The number of ether oxygens (including phenoxy) is 1. The maximum Gasteiger partial charge on any atom is 0.359 e. The number of carbonyl (C=O) groups excluding carboxylic acids is 1. The molecular formula is C11H12N2O2. The minimum Gasteiger partial charge on any atom is -0.464 e. The van der Waals surface area contributed by atoms with Gasteiger partial charge in [0, 0.05) is 12.4 Å². The summed E-state index contributed by atoms with van der Waals surface area (Å²) in [6, 6.07) is 5.84. The maximum absolute atomic E-state index is 11.4. The van der Waals surface area contributed by atoms with E-state index in [1.54, 1.807) is 4.68 Å². The first-order valence-electron chi connectivity index (χ1n) is 4.65. The summed E-state index contributed by atoms with van der Waals surface area (Å²) in [6.45, 7) is 2.00. The smallest absolute Gasteiger partial charge is 0.359 e. The number of carbonyl (C=O) groups is 1. The Hall–Kier alpha value is -1.84. The summed E-state index contributed by atoms with van der Waals surface area (Å²) in [5, 5.41) is 4.97. The average Bonchev–Trinajstić information content (AvgIpc) is 2.55. The van der Waals surface area contributed by atoms with E-state index in [2.05, 4.69) is 9.84 Å². The Morgan fingerprint density at radius 1 is 1.47 bits per heavy atom. The van der Waals surface area contributed by atoms with E-state index >= 15 is 0 Å². The van der Waals surface area contributed by atoms with Gasteiger partial charge in [-0.3, -0.25) is 4.68 Å². The second kappa shape index (κ2) is 3.38. The Labute approximate surface area is 87.5 Å². The standard InChI is InChI=1S/C11H12N2O2/c1-7-4-5-8-9(6-7)13(2)12-10(8)11(14)15-3/h4-6H,1-3H3. The summed E-state index contributed by atoms with van der Waals surface area (Å²) < 4.78 is 6.36. The van der Waals surface area contributed by atoms with Crippen molar-refractivity contribution in [2.45, 2.75) is 6.92 Å². The van der Waals surface area contributed by atoms with Gasteiger partial charge in [-0.15, -0.1) is 0 Å². The summed E-state index contributed by atoms with van der Waals surface area (Å²) in [6.07, 6.45) is 0. The number of fused-ring (bicyclic) bond motifs is 1. The molecule has 4 nitrogen and oxygen atoms in total. The molecule has 0 atom stereocenters. The van der Waals surface area contributed by atoms with E-state index in [-0.39, 0.29) is 0 Å². The molecule has 1 aromatic carbocycles. The largest absolute Gasteiger partial charge is 0.464 e. The first-order valence-corrected chi connectivity index (χ1v) is 4.65. The van der Waals surface area contributed by atoms with Gasteiger partial charge in [0.1, 0.15) is 0 Å². The number of benzene rings is 1. The van der Waals surface area contributed by atoms with Crippen LogP contribution in [0.4, 0.5) is 0 Å². The second-order valence-corrected chi connectivity index (χ2v) is 3.48. The van der Waals surface area contributed by atoms with Crippen molar-refractivity contribution >= 4 is 16.9 Å². The normalized spacial score (nSPS) is 10.6. The zero-order chi connectivity index (χ0) is 11.0. The fraction of sp³-hybridized carbons (Fsp3) is 0.273.